The summed E-state index contributed by atoms with van der Waals surface area (Å²) in [5, 5.41) is 9.13. The van der Waals surface area contributed by atoms with E-state index < -0.39 is 0 Å². The number of aryl methyl sites for hydroxylation is 1. The number of hydrogen-bond acceptors (Lipinski definition) is 4. The molecule has 2 fully saturated rings. The molecule has 0 aromatic heterocycles. The first-order valence-corrected chi connectivity index (χ1v) is 12.4. The first-order chi connectivity index (χ1) is 15.5. The van der Waals surface area contributed by atoms with Crippen molar-refractivity contribution in [1.82, 2.24) is 0 Å². The number of ether oxygens (including phenoxy) is 2. The Morgan fingerprint density at radius 3 is 2.72 bits per heavy atom. The molecule has 5 unspecified atom stereocenters. The molecule has 0 heterocycles. The van der Waals surface area contributed by atoms with Gasteiger partial charge in [0.1, 0.15) is 12.4 Å². The normalized spacial score (nSPS) is 33.3. The van der Waals surface area contributed by atoms with Gasteiger partial charge < -0.3 is 20.3 Å². The molecular weight excluding hydrogens is 398 g/mol. The molecule has 0 amide bonds. The number of aliphatic hydroxyl groups is 1. The van der Waals surface area contributed by atoms with Gasteiger partial charge >= 0.3 is 0 Å². The fraction of sp³-hybridized carbons (Fsp3) is 0.571. The highest BCUT2D eigenvalue weighted by Crippen LogP contribution is 2.62. The van der Waals surface area contributed by atoms with Crippen LogP contribution in [0.4, 0.5) is 0 Å². The predicted molar refractivity (Wildman–Crippen MR) is 127 cm³/mol. The molecule has 3 aliphatic rings. The fourth-order valence-corrected chi connectivity index (χ4v) is 7.06. The largest absolute Gasteiger partial charge is 0.489 e. The third-order valence-electron chi connectivity index (χ3n) is 8.71. The number of fused-ring (bicyclic) bond motifs is 5. The molecule has 3 aliphatic carbocycles. The lowest BCUT2D eigenvalue weighted by Crippen LogP contribution is -2.61. The van der Waals surface area contributed by atoms with Crippen LogP contribution in [-0.2, 0) is 17.8 Å². The zero-order valence-corrected chi connectivity index (χ0v) is 19.3. The van der Waals surface area contributed by atoms with Gasteiger partial charge in [0.15, 0.2) is 0 Å². The van der Waals surface area contributed by atoms with Crippen molar-refractivity contribution in [3.63, 3.8) is 0 Å². The van der Waals surface area contributed by atoms with E-state index in [2.05, 4.69) is 49.4 Å². The van der Waals surface area contributed by atoms with Crippen molar-refractivity contribution in [2.45, 2.75) is 76.0 Å². The van der Waals surface area contributed by atoms with Crippen LogP contribution in [0.3, 0.4) is 0 Å². The molecule has 0 aliphatic heterocycles. The summed E-state index contributed by atoms with van der Waals surface area (Å²) in [5.74, 6) is 1.87. The number of nitrogens with two attached hydrogens (primary N) is 1. The van der Waals surface area contributed by atoms with E-state index in [1.54, 1.807) is 0 Å². The van der Waals surface area contributed by atoms with E-state index >= 15 is 0 Å². The van der Waals surface area contributed by atoms with Crippen molar-refractivity contribution in [2.75, 3.05) is 13.2 Å². The molecule has 3 N–H and O–H groups in total. The topological polar surface area (TPSA) is 64.7 Å². The third-order valence-corrected chi connectivity index (χ3v) is 8.71. The Kier molecular flexibility index (Phi) is 6.04. The van der Waals surface area contributed by atoms with Crippen LogP contribution in [0, 0.1) is 11.3 Å². The Morgan fingerprint density at radius 1 is 1.06 bits per heavy atom. The summed E-state index contributed by atoms with van der Waals surface area (Å²) < 4.78 is 12.4. The molecule has 0 radical (unpaired) electrons. The molecule has 2 saturated carbocycles. The van der Waals surface area contributed by atoms with Crippen LogP contribution in [0.1, 0.15) is 68.1 Å². The lowest BCUT2D eigenvalue weighted by atomic mass is 9.51. The van der Waals surface area contributed by atoms with Gasteiger partial charge in [-0.1, -0.05) is 43.3 Å². The van der Waals surface area contributed by atoms with Gasteiger partial charge in [0.25, 0.3) is 0 Å². The van der Waals surface area contributed by atoms with Gasteiger partial charge in [-0.3, -0.25) is 0 Å². The predicted octanol–water partition coefficient (Wildman–Crippen LogP) is 4.97. The van der Waals surface area contributed by atoms with Crippen molar-refractivity contribution in [1.29, 1.82) is 0 Å². The minimum absolute atomic E-state index is 0.150. The van der Waals surface area contributed by atoms with E-state index in [0.29, 0.717) is 25.0 Å². The van der Waals surface area contributed by atoms with Crippen LogP contribution in [-0.4, -0.2) is 30.0 Å². The van der Waals surface area contributed by atoms with E-state index in [1.165, 1.54) is 16.7 Å². The zero-order chi connectivity index (χ0) is 22.2. The summed E-state index contributed by atoms with van der Waals surface area (Å²) in [5.41, 5.74) is 11.4. The smallest absolute Gasteiger partial charge is 0.120 e. The number of aliphatic hydroxyl groups excluding tert-OH is 1. The van der Waals surface area contributed by atoms with E-state index in [-0.39, 0.29) is 23.7 Å². The molecule has 0 spiro atoms. The number of rotatable bonds is 7. The van der Waals surface area contributed by atoms with Crippen molar-refractivity contribution in [3.8, 4) is 5.75 Å². The van der Waals surface area contributed by atoms with Crippen LogP contribution in [0.25, 0.3) is 0 Å². The molecule has 4 nitrogen and oxygen atoms in total. The van der Waals surface area contributed by atoms with Gasteiger partial charge in [-0.25, -0.2) is 0 Å². The molecule has 172 valence electrons. The molecule has 2 aromatic carbocycles. The van der Waals surface area contributed by atoms with Gasteiger partial charge in [-0.05, 0) is 85.1 Å². The van der Waals surface area contributed by atoms with Crippen molar-refractivity contribution in [2.24, 2.45) is 17.1 Å². The second kappa shape index (κ2) is 8.81. The molecule has 32 heavy (non-hydrogen) atoms. The van der Waals surface area contributed by atoms with Crippen molar-refractivity contribution >= 4 is 0 Å². The number of benzene rings is 2. The monoisotopic (exact) mass is 435 g/mol. The third kappa shape index (κ3) is 3.76. The second-order valence-corrected chi connectivity index (χ2v) is 10.4. The number of hydrogen-bond donors (Lipinski definition) is 2. The first kappa shape index (κ1) is 21.9. The van der Waals surface area contributed by atoms with E-state index in [4.69, 9.17) is 20.3 Å². The summed E-state index contributed by atoms with van der Waals surface area (Å²) in [7, 11) is 0. The van der Waals surface area contributed by atoms with Crippen LogP contribution >= 0.6 is 0 Å². The SMILES string of the molecule is CC12CCC3c4ccc(OCc5ccccc5)cc4CCC3(N)C1CCC2OCCCO. The lowest BCUT2D eigenvalue weighted by molar-refractivity contribution is -0.0731. The van der Waals surface area contributed by atoms with Gasteiger partial charge in [-0.15, -0.1) is 0 Å². The van der Waals surface area contributed by atoms with Gasteiger partial charge in [-0.2, -0.15) is 0 Å². The van der Waals surface area contributed by atoms with Crippen LogP contribution in [0.2, 0.25) is 0 Å². The second-order valence-electron chi connectivity index (χ2n) is 10.4. The van der Waals surface area contributed by atoms with E-state index in [9.17, 15) is 0 Å². The quantitative estimate of drug-likeness (QED) is 0.603. The molecular formula is C28H37NO3. The summed E-state index contributed by atoms with van der Waals surface area (Å²) in [4.78, 5) is 0. The molecule has 4 heteroatoms. The summed E-state index contributed by atoms with van der Waals surface area (Å²) in [6.07, 6.45) is 7.59. The van der Waals surface area contributed by atoms with Gasteiger partial charge in [0, 0.05) is 24.7 Å². The van der Waals surface area contributed by atoms with E-state index in [1.807, 2.05) is 6.07 Å². The lowest BCUT2D eigenvalue weighted by Gasteiger charge is -2.56. The van der Waals surface area contributed by atoms with Crippen LogP contribution in [0.15, 0.2) is 48.5 Å². The highest BCUT2D eigenvalue weighted by Gasteiger charge is 2.61. The van der Waals surface area contributed by atoms with Crippen LogP contribution < -0.4 is 10.5 Å². The Bertz CT molecular complexity index is 932. The standard InChI is InChI=1S/C28H37NO3/c1-27-14-13-24-23-9-8-22(32-19-20-6-3-2-4-7-20)18-21(23)12-15-28(24,29)25(27)10-11-26(27)31-17-5-16-30/h2-4,6-9,18,24-26,30H,5,10-17,19,29H2,1H3. The minimum atomic E-state index is -0.151. The molecule has 2 aromatic rings. The Labute approximate surface area is 192 Å². The maximum absolute atomic E-state index is 9.13. The average Bonchev–Trinajstić information content (AvgIpc) is 3.15. The van der Waals surface area contributed by atoms with Crippen molar-refractivity contribution < 1.29 is 14.6 Å². The highest BCUT2D eigenvalue weighted by atomic mass is 16.5. The molecule has 5 rings (SSSR count). The van der Waals surface area contributed by atoms with E-state index in [0.717, 1.165) is 50.7 Å². The first-order valence-electron chi connectivity index (χ1n) is 12.4. The fourth-order valence-electron chi connectivity index (χ4n) is 7.06. The van der Waals surface area contributed by atoms with Crippen molar-refractivity contribution in [3.05, 3.63) is 65.2 Å². The maximum Gasteiger partial charge on any atom is 0.120 e. The summed E-state index contributed by atoms with van der Waals surface area (Å²) in [6, 6.07) is 17.0. The molecule has 0 bridgehead atoms. The van der Waals surface area contributed by atoms with Gasteiger partial charge in [0.05, 0.1) is 6.10 Å². The molecule has 5 atom stereocenters. The maximum atomic E-state index is 9.13. The highest BCUT2D eigenvalue weighted by molar-refractivity contribution is 5.43. The Morgan fingerprint density at radius 2 is 1.91 bits per heavy atom. The van der Waals surface area contributed by atoms with Crippen LogP contribution in [0.5, 0.6) is 5.75 Å². The Hall–Kier alpha value is -1.88. The van der Waals surface area contributed by atoms with Gasteiger partial charge in [0.2, 0.25) is 0 Å². The zero-order valence-electron chi connectivity index (χ0n) is 19.3. The summed E-state index contributed by atoms with van der Waals surface area (Å²) >= 11 is 0. The average molecular weight is 436 g/mol. The Balaban J connectivity index is 1.32. The molecule has 0 saturated heterocycles. The summed E-state index contributed by atoms with van der Waals surface area (Å²) in [6.45, 7) is 3.86. The minimum Gasteiger partial charge on any atom is -0.489 e.